The Balaban J connectivity index is 2.01. The number of hydrogen-bond donors (Lipinski definition) is 0. The minimum Gasteiger partial charge on any atom is -0.497 e. The molecule has 26 heavy (non-hydrogen) atoms. The lowest BCUT2D eigenvalue weighted by Gasteiger charge is -2.10. The van der Waals surface area contributed by atoms with Crippen LogP contribution in [-0.2, 0) is 16.1 Å². The molecule has 2 rings (SSSR count). The SMILES string of the molecule is CCCCCOC(=O)c1ccccc1C(=O)OCc1cccc(OC)c1. The quantitative estimate of drug-likeness (QED) is 0.492. The first-order chi connectivity index (χ1) is 12.7. The van der Waals surface area contributed by atoms with Crippen molar-refractivity contribution in [3.8, 4) is 5.75 Å². The van der Waals surface area contributed by atoms with Crippen molar-refractivity contribution in [2.24, 2.45) is 0 Å². The van der Waals surface area contributed by atoms with Crippen molar-refractivity contribution in [2.45, 2.75) is 32.8 Å². The Labute approximate surface area is 153 Å². The van der Waals surface area contributed by atoms with Gasteiger partial charge in [-0.2, -0.15) is 0 Å². The van der Waals surface area contributed by atoms with Crippen molar-refractivity contribution in [1.29, 1.82) is 0 Å². The van der Waals surface area contributed by atoms with E-state index >= 15 is 0 Å². The Kier molecular flexibility index (Phi) is 7.68. The molecule has 0 bridgehead atoms. The number of ether oxygens (including phenoxy) is 3. The number of methoxy groups -OCH3 is 1. The molecular formula is C21H24O5. The second-order valence-corrected chi connectivity index (χ2v) is 5.82. The van der Waals surface area contributed by atoms with Crippen LogP contribution in [0.3, 0.4) is 0 Å². The van der Waals surface area contributed by atoms with Crippen LogP contribution in [0.25, 0.3) is 0 Å². The van der Waals surface area contributed by atoms with Crippen molar-refractivity contribution >= 4 is 11.9 Å². The molecule has 0 aliphatic rings. The van der Waals surface area contributed by atoms with Crippen LogP contribution in [0.15, 0.2) is 48.5 Å². The monoisotopic (exact) mass is 356 g/mol. The van der Waals surface area contributed by atoms with Crippen molar-refractivity contribution in [1.82, 2.24) is 0 Å². The molecule has 0 amide bonds. The summed E-state index contributed by atoms with van der Waals surface area (Å²) in [6.07, 6.45) is 2.85. The molecule has 0 spiro atoms. The third kappa shape index (κ3) is 5.62. The third-order valence-electron chi connectivity index (χ3n) is 3.85. The average molecular weight is 356 g/mol. The molecule has 0 radical (unpaired) electrons. The van der Waals surface area contributed by atoms with Gasteiger partial charge in [0.05, 0.1) is 24.8 Å². The van der Waals surface area contributed by atoms with E-state index in [1.165, 1.54) is 0 Å². The fourth-order valence-electron chi connectivity index (χ4n) is 2.42. The lowest BCUT2D eigenvalue weighted by Crippen LogP contribution is -2.14. The first-order valence-electron chi connectivity index (χ1n) is 8.72. The van der Waals surface area contributed by atoms with Crippen LogP contribution in [0.1, 0.15) is 52.5 Å². The highest BCUT2D eigenvalue weighted by Gasteiger charge is 2.19. The highest BCUT2D eigenvalue weighted by atomic mass is 16.5. The zero-order chi connectivity index (χ0) is 18.8. The number of carbonyl (C=O) groups excluding carboxylic acids is 2. The molecule has 5 heteroatoms. The summed E-state index contributed by atoms with van der Waals surface area (Å²) in [4.78, 5) is 24.7. The number of benzene rings is 2. The van der Waals surface area contributed by atoms with Crippen molar-refractivity contribution < 1.29 is 23.8 Å². The first kappa shape index (κ1) is 19.5. The molecular weight excluding hydrogens is 332 g/mol. The number of hydrogen-bond acceptors (Lipinski definition) is 5. The number of unbranched alkanes of at least 4 members (excludes halogenated alkanes) is 2. The van der Waals surface area contributed by atoms with Crippen molar-refractivity contribution in [3.05, 3.63) is 65.2 Å². The zero-order valence-corrected chi connectivity index (χ0v) is 15.2. The number of carbonyl (C=O) groups is 2. The Morgan fingerprint density at radius 1 is 0.885 bits per heavy atom. The summed E-state index contributed by atoms with van der Waals surface area (Å²) >= 11 is 0. The largest absolute Gasteiger partial charge is 0.497 e. The molecule has 0 aliphatic carbocycles. The van der Waals surface area contributed by atoms with Gasteiger partial charge in [-0.1, -0.05) is 44.0 Å². The smallest absolute Gasteiger partial charge is 0.339 e. The minimum atomic E-state index is -0.561. The van der Waals surface area contributed by atoms with Gasteiger partial charge in [-0.25, -0.2) is 9.59 Å². The van der Waals surface area contributed by atoms with Crippen molar-refractivity contribution in [3.63, 3.8) is 0 Å². The molecule has 0 heterocycles. The summed E-state index contributed by atoms with van der Waals surface area (Å²) < 4.78 is 15.7. The third-order valence-corrected chi connectivity index (χ3v) is 3.85. The zero-order valence-electron chi connectivity index (χ0n) is 15.2. The molecule has 0 saturated heterocycles. The molecule has 0 N–H and O–H groups in total. The van der Waals surface area contributed by atoms with Gasteiger partial charge in [0.1, 0.15) is 12.4 Å². The van der Waals surface area contributed by atoms with E-state index in [4.69, 9.17) is 14.2 Å². The summed E-state index contributed by atoms with van der Waals surface area (Å²) in [7, 11) is 1.58. The molecule has 0 saturated carbocycles. The fraction of sp³-hybridized carbons (Fsp3) is 0.333. The van der Waals surface area contributed by atoms with Crippen molar-refractivity contribution in [2.75, 3.05) is 13.7 Å². The molecule has 0 aromatic heterocycles. The maximum absolute atomic E-state index is 12.4. The Morgan fingerprint density at radius 2 is 1.58 bits per heavy atom. The summed E-state index contributed by atoms with van der Waals surface area (Å²) in [5, 5.41) is 0. The average Bonchev–Trinajstić information content (AvgIpc) is 2.69. The lowest BCUT2D eigenvalue weighted by atomic mass is 10.1. The number of rotatable bonds is 9. The summed E-state index contributed by atoms with van der Waals surface area (Å²) in [5.74, 6) is -0.376. The van der Waals surface area contributed by atoms with E-state index in [2.05, 4.69) is 6.92 Å². The van der Waals surface area contributed by atoms with Gasteiger partial charge in [0.2, 0.25) is 0 Å². The molecule has 0 atom stereocenters. The van der Waals surface area contributed by atoms with Crippen LogP contribution in [0.4, 0.5) is 0 Å². The van der Waals surface area contributed by atoms with Gasteiger partial charge >= 0.3 is 11.9 Å². The van der Waals surface area contributed by atoms with Crippen LogP contribution in [0.2, 0.25) is 0 Å². The molecule has 5 nitrogen and oxygen atoms in total. The maximum atomic E-state index is 12.4. The van der Waals surface area contributed by atoms with E-state index in [1.807, 2.05) is 18.2 Å². The molecule has 0 fully saturated rings. The molecule has 2 aromatic rings. The molecule has 2 aromatic carbocycles. The van der Waals surface area contributed by atoms with E-state index in [0.717, 1.165) is 24.8 Å². The van der Waals surface area contributed by atoms with Crippen LogP contribution in [-0.4, -0.2) is 25.7 Å². The van der Waals surface area contributed by atoms with Gasteiger partial charge < -0.3 is 14.2 Å². The van der Waals surface area contributed by atoms with E-state index in [0.29, 0.717) is 12.4 Å². The van der Waals surface area contributed by atoms with E-state index < -0.39 is 11.9 Å². The van der Waals surface area contributed by atoms with E-state index in [-0.39, 0.29) is 17.7 Å². The topological polar surface area (TPSA) is 61.8 Å². The van der Waals surface area contributed by atoms with Crippen LogP contribution in [0.5, 0.6) is 5.75 Å². The second-order valence-electron chi connectivity index (χ2n) is 5.82. The highest BCUT2D eigenvalue weighted by Crippen LogP contribution is 2.16. The summed E-state index contributed by atoms with van der Waals surface area (Å²) in [5.41, 5.74) is 1.23. The number of esters is 2. The highest BCUT2D eigenvalue weighted by molar-refractivity contribution is 6.03. The first-order valence-corrected chi connectivity index (χ1v) is 8.72. The Morgan fingerprint density at radius 3 is 2.23 bits per heavy atom. The van der Waals surface area contributed by atoms with Crippen LogP contribution < -0.4 is 4.74 Å². The summed E-state index contributed by atoms with van der Waals surface area (Å²) in [6.45, 7) is 2.52. The molecule has 0 aliphatic heterocycles. The van der Waals surface area contributed by atoms with Crippen LogP contribution >= 0.6 is 0 Å². The van der Waals surface area contributed by atoms with E-state index in [9.17, 15) is 9.59 Å². The molecule has 138 valence electrons. The Hall–Kier alpha value is -2.82. The lowest BCUT2D eigenvalue weighted by molar-refractivity contribution is 0.0436. The van der Waals surface area contributed by atoms with Gasteiger partial charge in [0.25, 0.3) is 0 Å². The van der Waals surface area contributed by atoms with Gasteiger partial charge in [0.15, 0.2) is 0 Å². The predicted molar refractivity (Wildman–Crippen MR) is 98.4 cm³/mol. The Bertz CT molecular complexity index is 739. The predicted octanol–water partition coefficient (Wildman–Crippen LogP) is 4.40. The van der Waals surface area contributed by atoms with Gasteiger partial charge in [0, 0.05) is 0 Å². The standard InChI is InChI=1S/C21H24O5/c1-3-4-7-13-25-20(22)18-11-5-6-12-19(18)21(23)26-15-16-9-8-10-17(14-16)24-2/h5-6,8-12,14H,3-4,7,13,15H2,1-2H3. The van der Waals surface area contributed by atoms with Crippen LogP contribution in [0, 0.1) is 0 Å². The van der Waals surface area contributed by atoms with Gasteiger partial charge in [-0.05, 0) is 36.2 Å². The van der Waals surface area contributed by atoms with Gasteiger partial charge in [-0.3, -0.25) is 0 Å². The second kappa shape index (κ2) is 10.2. The summed E-state index contributed by atoms with van der Waals surface area (Å²) in [6, 6.07) is 13.8. The van der Waals surface area contributed by atoms with Gasteiger partial charge in [-0.15, -0.1) is 0 Å². The normalized spacial score (nSPS) is 10.2. The van der Waals surface area contributed by atoms with E-state index in [1.54, 1.807) is 37.4 Å². The molecule has 0 unspecified atom stereocenters. The minimum absolute atomic E-state index is 0.0932. The fourth-order valence-corrected chi connectivity index (χ4v) is 2.42. The maximum Gasteiger partial charge on any atom is 0.339 e.